The fourth-order valence-electron chi connectivity index (χ4n) is 2.85. The standard InChI is InChI=1S/C19H23N7/c1-2-21-18(24-15-17-6-4-16(14-20)5-7-17)25-10-12-26(13-11-25)19-22-8-3-9-23-19/h3-9H,2,10-13,15H2,1H3,(H,21,24). The lowest BCUT2D eigenvalue weighted by Gasteiger charge is -2.36. The van der Waals surface area contributed by atoms with Gasteiger partial charge in [-0.15, -0.1) is 0 Å². The lowest BCUT2D eigenvalue weighted by Crippen LogP contribution is -2.52. The van der Waals surface area contributed by atoms with Gasteiger partial charge in [-0.1, -0.05) is 12.1 Å². The first-order chi connectivity index (χ1) is 12.8. The van der Waals surface area contributed by atoms with Crippen molar-refractivity contribution in [1.82, 2.24) is 20.2 Å². The Balaban J connectivity index is 1.61. The van der Waals surface area contributed by atoms with Crippen LogP contribution in [0.1, 0.15) is 18.1 Å². The maximum absolute atomic E-state index is 8.88. The molecule has 134 valence electrons. The first-order valence-electron chi connectivity index (χ1n) is 8.84. The molecule has 0 unspecified atom stereocenters. The van der Waals surface area contributed by atoms with E-state index in [0.717, 1.165) is 50.2 Å². The van der Waals surface area contributed by atoms with E-state index in [2.05, 4.69) is 38.1 Å². The SMILES string of the molecule is CCNC(=NCc1ccc(C#N)cc1)N1CCN(c2ncccn2)CC1. The first-order valence-corrected chi connectivity index (χ1v) is 8.84. The summed E-state index contributed by atoms with van der Waals surface area (Å²) >= 11 is 0. The van der Waals surface area contributed by atoms with E-state index in [1.54, 1.807) is 12.4 Å². The van der Waals surface area contributed by atoms with Crippen molar-refractivity contribution in [3.05, 3.63) is 53.9 Å². The molecule has 1 saturated heterocycles. The number of benzene rings is 1. The fraction of sp³-hybridized carbons (Fsp3) is 0.368. The van der Waals surface area contributed by atoms with E-state index in [0.29, 0.717) is 12.1 Å². The van der Waals surface area contributed by atoms with E-state index in [9.17, 15) is 0 Å². The topological polar surface area (TPSA) is 80.4 Å². The Morgan fingerprint density at radius 3 is 2.46 bits per heavy atom. The number of nitriles is 1. The molecule has 0 atom stereocenters. The molecule has 0 aliphatic carbocycles. The third-order valence-corrected chi connectivity index (χ3v) is 4.24. The van der Waals surface area contributed by atoms with Crippen LogP contribution in [0.25, 0.3) is 0 Å². The lowest BCUT2D eigenvalue weighted by atomic mass is 10.1. The van der Waals surface area contributed by atoms with Crippen molar-refractivity contribution < 1.29 is 0 Å². The van der Waals surface area contributed by atoms with E-state index in [-0.39, 0.29) is 0 Å². The van der Waals surface area contributed by atoms with Gasteiger partial charge >= 0.3 is 0 Å². The minimum absolute atomic E-state index is 0.593. The van der Waals surface area contributed by atoms with Crippen LogP contribution in [0.4, 0.5) is 5.95 Å². The van der Waals surface area contributed by atoms with Crippen LogP contribution in [-0.2, 0) is 6.54 Å². The van der Waals surface area contributed by atoms with Gasteiger partial charge in [-0.3, -0.25) is 0 Å². The van der Waals surface area contributed by atoms with Gasteiger partial charge in [0.1, 0.15) is 0 Å². The zero-order valence-electron chi connectivity index (χ0n) is 15.0. The van der Waals surface area contributed by atoms with Crippen LogP contribution in [0.5, 0.6) is 0 Å². The van der Waals surface area contributed by atoms with Crippen LogP contribution in [0.15, 0.2) is 47.7 Å². The number of guanidine groups is 1. The van der Waals surface area contributed by atoms with Gasteiger partial charge in [-0.2, -0.15) is 5.26 Å². The van der Waals surface area contributed by atoms with Gasteiger partial charge < -0.3 is 15.1 Å². The molecular weight excluding hydrogens is 326 g/mol. The number of aliphatic imine (C=N–C) groups is 1. The Morgan fingerprint density at radius 1 is 1.15 bits per heavy atom. The molecule has 2 aromatic rings. The van der Waals surface area contributed by atoms with Gasteiger partial charge in [0.2, 0.25) is 5.95 Å². The maximum atomic E-state index is 8.88. The number of aromatic nitrogens is 2. The predicted octanol–water partition coefficient (Wildman–Crippen LogP) is 1.64. The summed E-state index contributed by atoms with van der Waals surface area (Å²) in [6.45, 7) is 6.97. The Kier molecular flexibility index (Phi) is 5.99. The summed E-state index contributed by atoms with van der Waals surface area (Å²) < 4.78 is 0. The third kappa shape index (κ3) is 4.48. The van der Waals surface area contributed by atoms with E-state index in [1.807, 2.05) is 30.3 Å². The molecule has 0 saturated carbocycles. The molecule has 7 nitrogen and oxygen atoms in total. The highest BCUT2D eigenvalue weighted by Crippen LogP contribution is 2.10. The smallest absolute Gasteiger partial charge is 0.225 e. The molecule has 0 radical (unpaired) electrons. The van der Waals surface area contributed by atoms with Gasteiger partial charge in [0.15, 0.2) is 5.96 Å². The van der Waals surface area contributed by atoms with E-state index < -0.39 is 0 Å². The van der Waals surface area contributed by atoms with Crippen LogP contribution in [0.2, 0.25) is 0 Å². The number of hydrogen-bond acceptors (Lipinski definition) is 5. The Labute approximate surface area is 154 Å². The maximum Gasteiger partial charge on any atom is 0.225 e. The van der Waals surface area contributed by atoms with Crippen LogP contribution in [0.3, 0.4) is 0 Å². The summed E-state index contributed by atoms with van der Waals surface area (Å²) in [6.07, 6.45) is 3.55. The summed E-state index contributed by atoms with van der Waals surface area (Å²) in [5, 5.41) is 12.3. The van der Waals surface area contributed by atoms with Crippen molar-refractivity contribution >= 4 is 11.9 Å². The van der Waals surface area contributed by atoms with Crippen molar-refractivity contribution in [1.29, 1.82) is 5.26 Å². The van der Waals surface area contributed by atoms with Crippen molar-refractivity contribution in [2.24, 2.45) is 4.99 Å². The second-order valence-corrected chi connectivity index (χ2v) is 6.00. The number of nitrogens with one attached hydrogen (secondary N) is 1. The Bertz CT molecular complexity index is 757. The molecule has 0 amide bonds. The second-order valence-electron chi connectivity index (χ2n) is 6.00. The summed E-state index contributed by atoms with van der Waals surface area (Å²) in [5.74, 6) is 1.71. The van der Waals surface area contributed by atoms with Crippen molar-refractivity contribution in [2.75, 3.05) is 37.6 Å². The van der Waals surface area contributed by atoms with Crippen molar-refractivity contribution in [3.63, 3.8) is 0 Å². The Morgan fingerprint density at radius 2 is 1.85 bits per heavy atom. The van der Waals surface area contributed by atoms with Gasteiger partial charge in [-0.25, -0.2) is 15.0 Å². The number of rotatable bonds is 4. The average molecular weight is 349 g/mol. The zero-order valence-corrected chi connectivity index (χ0v) is 15.0. The molecule has 1 fully saturated rings. The third-order valence-electron chi connectivity index (χ3n) is 4.24. The Hall–Kier alpha value is -3.14. The van der Waals surface area contributed by atoms with Crippen LogP contribution < -0.4 is 10.2 Å². The molecule has 2 heterocycles. The summed E-state index contributed by atoms with van der Waals surface area (Å²) in [7, 11) is 0. The highest BCUT2D eigenvalue weighted by molar-refractivity contribution is 5.80. The normalized spacial score (nSPS) is 14.8. The highest BCUT2D eigenvalue weighted by Gasteiger charge is 2.20. The summed E-state index contributed by atoms with van der Waals surface area (Å²) in [4.78, 5) is 17.9. The molecule has 0 bridgehead atoms. The van der Waals surface area contributed by atoms with E-state index in [4.69, 9.17) is 10.3 Å². The summed E-state index contributed by atoms with van der Waals surface area (Å²) in [6, 6.07) is 11.5. The van der Waals surface area contributed by atoms with Gasteiger partial charge in [0.05, 0.1) is 18.2 Å². The number of hydrogen-bond donors (Lipinski definition) is 1. The minimum Gasteiger partial charge on any atom is -0.357 e. The molecule has 1 aromatic heterocycles. The average Bonchev–Trinajstić information content (AvgIpc) is 2.72. The molecule has 1 N–H and O–H groups in total. The molecule has 0 spiro atoms. The molecule has 26 heavy (non-hydrogen) atoms. The number of anilines is 1. The first kappa shape index (κ1) is 17.7. The molecule has 1 aromatic carbocycles. The van der Waals surface area contributed by atoms with Crippen LogP contribution >= 0.6 is 0 Å². The van der Waals surface area contributed by atoms with E-state index in [1.165, 1.54) is 0 Å². The van der Waals surface area contributed by atoms with Gasteiger partial charge in [0.25, 0.3) is 0 Å². The largest absolute Gasteiger partial charge is 0.357 e. The summed E-state index contributed by atoms with van der Waals surface area (Å²) in [5.41, 5.74) is 1.76. The molecule has 1 aliphatic heterocycles. The molecular formula is C19H23N7. The van der Waals surface area contributed by atoms with Crippen LogP contribution in [-0.4, -0.2) is 53.6 Å². The minimum atomic E-state index is 0.593. The van der Waals surface area contributed by atoms with Crippen molar-refractivity contribution in [3.8, 4) is 6.07 Å². The zero-order chi connectivity index (χ0) is 18.2. The number of nitrogens with zero attached hydrogens (tertiary/aromatic N) is 6. The van der Waals surface area contributed by atoms with Gasteiger partial charge in [-0.05, 0) is 30.7 Å². The fourth-order valence-corrected chi connectivity index (χ4v) is 2.85. The number of piperazine rings is 1. The lowest BCUT2D eigenvalue weighted by molar-refractivity contribution is 0.370. The van der Waals surface area contributed by atoms with Crippen molar-refractivity contribution in [2.45, 2.75) is 13.5 Å². The van der Waals surface area contributed by atoms with Crippen LogP contribution in [0, 0.1) is 11.3 Å². The molecule has 1 aliphatic rings. The molecule has 7 heteroatoms. The van der Waals surface area contributed by atoms with Gasteiger partial charge in [0, 0.05) is 45.1 Å². The predicted molar refractivity (Wildman–Crippen MR) is 102 cm³/mol. The quantitative estimate of drug-likeness (QED) is 0.668. The highest BCUT2D eigenvalue weighted by atomic mass is 15.4. The monoisotopic (exact) mass is 349 g/mol. The van der Waals surface area contributed by atoms with E-state index >= 15 is 0 Å². The molecule has 3 rings (SSSR count). The second kappa shape index (κ2) is 8.81.